The predicted molar refractivity (Wildman–Crippen MR) is 87.6 cm³/mol. The summed E-state index contributed by atoms with van der Waals surface area (Å²) in [5.41, 5.74) is 1.48. The van der Waals surface area contributed by atoms with Gasteiger partial charge in [0.15, 0.2) is 0 Å². The Kier molecular flexibility index (Phi) is 8.05. The number of halogens is 1. The Labute approximate surface area is 135 Å². The molecule has 1 aromatic carbocycles. The molecule has 6 heteroatoms. The molecule has 22 heavy (non-hydrogen) atoms. The second-order valence-corrected chi connectivity index (χ2v) is 5.02. The number of nitrogens with one attached hydrogen (secondary N) is 2. The Morgan fingerprint density at radius 2 is 2.27 bits per heavy atom. The smallest absolute Gasteiger partial charge is 0.267 e. The van der Waals surface area contributed by atoms with Crippen LogP contribution in [0.2, 0.25) is 5.02 Å². The van der Waals surface area contributed by atoms with Crippen LogP contribution in [0.15, 0.2) is 30.0 Å². The van der Waals surface area contributed by atoms with Gasteiger partial charge >= 0.3 is 0 Å². The van der Waals surface area contributed by atoms with Crippen molar-refractivity contribution >= 4 is 23.2 Å². The van der Waals surface area contributed by atoms with E-state index in [9.17, 15) is 4.79 Å². The molecule has 118 valence electrons. The van der Waals surface area contributed by atoms with Gasteiger partial charge in [0.2, 0.25) is 0 Å². The van der Waals surface area contributed by atoms with Crippen LogP contribution >= 0.6 is 11.6 Å². The molecule has 2 N–H and O–H groups in total. The number of carbonyl (C=O) groups excluding carboxylic acids is 1. The summed E-state index contributed by atoms with van der Waals surface area (Å²) in [4.78, 5) is 12.1. The van der Waals surface area contributed by atoms with Gasteiger partial charge in [-0.15, -0.1) is 0 Å². The molecular formula is C16H20ClN3O2. The van der Waals surface area contributed by atoms with Gasteiger partial charge in [0, 0.05) is 36.7 Å². The zero-order valence-corrected chi connectivity index (χ0v) is 13.5. The van der Waals surface area contributed by atoms with Crippen LogP contribution in [0.4, 0.5) is 5.69 Å². The third-order valence-corrected chi connectivity index (χ3v) is 3.11. The van der Waals surface area contributed by atoms with Gasteiger partial charge < -0.3 is 15.4 Å². The van der Waals surface area contributed by atoms with Crippen LogP contribution in [-0.2, 0) is 9.53 Å². The minimum atomic E-state index is -0.467. The predicted octanol–water partition coefficient (Wildman–Crippen LogP) is 3.01. The molecule has 1 amide bonds. The number of carbonyl (C=O) groups is 1. The van der Waals surface area contributed by atoms with E-state index in [0.29, 0.717) is 30.5 Å². The fraction of sp³-hybridized carbons (Fsp3) is 0.375. The maximum Gasteiger partial charge on any atom is 0.267 e. The van der Waals surface area contributed by atoms with Crippen molar-refractivity contribution in [2.45, 2.75) is 20.3 Å². The van der Waals surface area contributed by atoms with Crippen LogP contribution in [0, 0.1) is 18.3 Å². The molecule has 0 saturated heterocycles. The van der Waals surface area contributed by atoms with Gasteiger partial charge in [0.25, 0.3) is 5.91 Å². The Bertz CT molecular complexity index is 579. The maximum absolute atomic E-state index is 12.1. The number of hydrogen-bond acceptors (Lipinski definition) is 4. The Morgan fingerprint density at radius 3 is 2.95 bits per heavy atom. The number of aryl methyl sites for hydroxylation is 1. The molecular weight excluding hydrogens is 302 g/mol. The normalized spacial score (nSPS) is 10.9. The Morgan fingerprint density at radius 1 is 1.50 bits per heavy atom. The number of nitriles is 1. The van der Waals surface area contributed by atoms with Crippen molar-refractivity contribution < 1.29 is 9.53 Å². The van der Waals surface area contributed by atoms with Gasteiger partial charge in [-0.2, -0.15) is 5.26 Å². The van der Waals surface area contributed by atoms with Crippen LogP contribution in [-0.4, -0.2) is 25.7 Å². The second kappa shape index (κ2) is 9.82. The van der Waals surface area contributed by atoms with Gasteiger partial charge in [-0.25, -0.2) is 0 Å². The monoisotopic (exact) mass is 321 g/mol. The first kappa shape index (κ1) is 18.0. The van der Waals surface area contributed by atoms with Crippen molar-refractivity contribution in [3.05, 3.63) is 40.6 Å². The van der Waals surface area contributed by atoms with Gasteiger partial charge in [-0.3, -0.25) is 4.79 Å². The molecule has 0 atom stereocenters. The first-order valence-corrected chi connectivity index (χ1v) is 7.45. The first-order chi connectivity index (χ1) is 10.6. The van der Waals surface area contributed by atoms with Crippen molar-refractivity contribution in [3.63, 3.8) is 0 Å². The number of hydrogen-bond donors (Lipinski definition) is 2. The Hall–Kier alpha value is -2.03. The minimum Gasteiger partial charge on any atom is -0.390 e. The molecule has 0 radical (unpaired) electrons. The largest absolute Gasteiger partial charge is 0.390 e. The average Bonchev–Trinajstić information content (AvgIpc) is 2.50. The van der Waals surface area contributed by atoms with E-state index in [1.165, 1.54) is 6.20 Å². The first-order valence-electron chi connectivity index (χ1n) is 7.07. The molecule has 0 unspecified atom stereocenters. The summed E-state index contributed by atoms with van der Waals surface area (Å²) in [6.45, 7) is 5.75. The zero-order chi connectivity index (χ0) is 16.4. The van der Waals surface area contributed by atoms with Crippen LogP contribution in [0.25, 0.3) is 0 Å². The van der Waals surface area contributed by atoms with Crippen LogP contribution in [0.5, 0.6) is 0 Å². The van der Waals surface area contributed by atoms with Crippen LogP contribution < -0.4 is 10.6 Å². The summed E-state index contributed by atoms with van der Waals surface area (Å²) in [5.74, 6) is -0.467. The molecule has 5 nitrogen and oxygen atoms in total. The average molecular weight is 322 g/mol. The van der Waals surface area contributed by atoms with Crippen molar-refractivity contribution in [2.24, 2.45) is 0 Å². The van der Waals surface area contributed by atoms with E-state index in [-0.39, 0.29) is 5.57 Å². The molecule has 0 aliphatic heterocycles. The summed E-state index contributed by atoms with van der Waals surface area (Å²) >= 11 is 5.90. The summed E-state index contributed by atoms with van der Waals surface area (Å²) in [6, 6.07) is 7.08. The van der Waals surface area contributed by atoms with Gasteiger partial charge in [0.1, 0.15) is 11.6 Å². The molecule has 0 bridgehead atoms. The highest BCUT2D eigenvalue weighted by Gasteiger charge is 2.10. The van der Waals surface area contributed by atoms with Crippen LogP contribution in [0.1, 0.15) is 18.9 Å². The lowest BCUT2D eigenvalue weighted by atomic mass is 10.2. The quantitative estimate of drug-likeness (QED) is 0.438. The van der Waals surface area contributed by atoms with Gasteiger partial charge in [-0.1, -0.05) is 17.7 Å². The number of nitrogens with zero attached hydrogens (tertiary/aromatic N) is 1. The summed E-state index contributed by atoms with van der Waals surface area (Å²) in [7, 11) is 0. The molecule has 0 heterocycles. The van der Waals surface area contributed by atoms with E-state index in [0.717, 1.165) is 12.0 Å². The third-order valence-electron chi connectivity index (χ3n) is 2.87. The molecule has 0 aliphatic carbocycles. The molecule has 0 aromatic heterocycles. The van der Waals surface area contributed by atoms with Crippen molar-refractivity contribution in [2.75, 3.05) is 25.1 Å². The standard InChI is InChI=1S/C16H20ClN3O2/c1-3-22-8-4-7-19-11-13(10-18)16(21)20-15-9-14(17)6-5-12(15)2/h5-6,9,11,19H,3-4,7-8H2,1-2H3,(H,20,21)/b13-11-. The Balaban J connectivity index is 2.57. The van der Waals surface area contributed by atoms with E-state index in [1.807, 2.05) is 19.9 Å². The lowest BCUT2D eigenvalue weighted by Gasteiger charge is -2.08. The fourth-order valence-electron chi connectivity index (χ4n) is 1.66. The SMILES string of the molecule is CCOCCCN/C=C(/C#N)C(=O)Nc1cc(Cl)ccc1C. The lowest BCUT2D eigenvalue weighted by Crippen LogP contribution is -2.18. The highest BCUT2D eigenvalue weighted by molar-refractivity contribution is 6.31. The van der Waals surface area contributed by atoms with Crippen molar-refractivity contribution in [1.82, 2.24) is 5.32 Å². The molecule has 0 spiro atoms. The minimum absolute atomic E-state index is 0.00999. The third kappa shape index (κ3) is 6.17. The molecule has 0 saturated carbocycles. The number of amides is 1. The summed E-state index contributed by atoms with van der Waals surface area (Å²) in [5, 5.41) is 15.2. The molecule has 1 rings (SSSR count). The van der Waals surface area contributed by atoms with Gasteiger partial charge in [-0.05, 0) is 38.0 Å². The van der Waals surface area contributed by atoms with Gasteiger partial charge in [0.05, 0.1) is 0 Å². The zero-order valence-electron chi connectivity index (χ0n) is 12.8. The number of rotatable bonds is 8. The van der Waals surface area contributed by atoms with Crippen molar-refractivity contribution in [3.8, 4) is 6.07 Å². The molecule has 0 fully saturated rings. The number of anilines is 1. The van der Waals surface area contributed by atoms with E-state index < -0.39 is 5.91 Å². The summed E-state index contributed by atoms with van der Waals surface area (Å²) < 4.78 is 5.20. The van der Waals surface area contributed by atoms with E-state index in [2.05, 4.69) is 10.6 Å². The van der Waals surface area contributed by atoms with E-state index in [4.69, 9.17) is 21.6 Å². The molecule has 1 aromatic rings. The van der Waals surface area contributed by atoms with E-state index in [1.54, 1.807) is 18.2 Å². The van der Waals surface area contributed by atoms with Crippen molar-refractivity contribution in [1.29, 1.82) is 5.26 Å². The highest BCUT2D eigenvalue weighted by atomic mass is 35.5. The molecule has 0 aliphatic rings. The second-order valence-electron chi connectivity index (χ2n) is 4.59. The number of ether oxygens (including phenoxy) is 1. The van der Waals surface area contributed by atoms with Crippen LogP contribution in [0.3, 0.4) is 0 Å². The topological polar surface area (TPSA) is 74.1 Å². The number of benzene rings is 1. The highest BCUT2D eigenvalue weighted by Crippen LogP contribution is 2.20. The fourth-order valence-corrected chi connectivity index (χ4v) is 1.83. The van der Waals surface area contributed by atoms with E-state index >= 15 is 0 Å². The maximum atomic E-state index is 12.1. The lowest BCUT2D eigenvalue weighted by molar-refractivity contribution is -0.112. The summed E-state index contributed by atoms with van der Waals surface area (Å²) in [6.07, 6.45) is 2.22.